The van der Waals surface area contributed by atoms with Gasteiger partial charge in [-0.1, -0.05) is 168 Å². The van der Waals surface area contributed by atoms with Crippen molar-refractivity contribution >= 4 is 62.6 Å². The third-order valence-electron chi connectivity index (χ3n) is 20.2. The van der Waals surface area contributed by atoms with Gasteiger partial charge in [0.1, 0.15) is 0 Å². The molecule has 0 N–H and O–H groups in total. The first-order chi connectivity index (χ1) is 43.8. The van der Waals surface area contributed by atoms with Crippen LogP contribution in [0, 0.1) is 27.7 Å². The first-order valence-corrected chi connectivity index (χ1v) is 32.6. The van der Waals surface area contributed by atoms with Gasteiger partial charge in [-0.2, -0.15) is 0 Å². The molecule has 91 heavy (non-hydrogen) atoms. The first-order valence-electron chi connectivity index (χ1n) is 32.6. The number of allylic oxidation sites excluding steroid dienone is 2. The Morgan fingerprint density at radius 2 is 0.593 bits per heavy atom. The molecule has 3 heterocycles. The van der Waals surface area contributed by atoms with Crippen molar-refractivity contribution in [1.29, 1.82) is 0 Å². The van der Waals surface area contributed by atoms with Gasteiger partial charge in [-0.15, -0.1) is 0 Å². The van der Waals surface area contributed by atoms with E-state index in [2.05, 4.69) is 351 Å². The number of hydrogen-bond donors (Lipinski definition) is 0. The molecule has 0 amide bonds. The molecule has 1 unspecified atom stereocenters. The smallest absolute Gasteiger partial charge is 0.0564 e. The van der Waals surface area contributed by atoms with Crippen LogP contribution in [-0.2, 0) is 16.2 Å². The van der Waals surface area contributed by atoms with Crippen LogP contribution in [0.3, 0.4) is 0 Å². The lowest BCUT2D eigenvalue weighted by atomic mass is 9.60. The number of anilines is 11. The van der Waals surface area contributed by atoms with E-state index in [-0.39, 0.29) is 22.3 Å². The monoisotopic (exact) mass is 1180 g/mol. The summed E-state index contributed by atoms with van der Waals surface area (Å²) >= 11 is 0. The zero-order valence-electron chi connectivity index (χ0n) is 54.7. The van der Waals surface area contributed by atoms with Crippen LogP contribution in [0.15, 0.2) is 260 Å². The van der Waals surface area contributed by atoms with E-state index in [4.69, 9.17) is 0 Å². The second kappa shape index (κ2) is 21.7. The minimum atomic E-state index is -0.381. The number of benzene rings is 11. The van der Waals surface area contributed by atoms with Crippen molar-refractivity contribution in [2.24, 2.45) is 0 Å². The van der Waals surface area contributed by atoms with Gasteiger partial charge < -0.3 is 19.6 Å². The fourth-order valence-corrected chi connectivity index (χ4v) is 15.9. The lowest BCUT2D eigenvalue weighted by molar-refractivity contribution is 0.567. The van der Waals surface area contributed by atoms with Crippen molar-refractivity contribution in [2.45, 2.75) is 112 Å². The predicted molar refractivity (Wildman–Crippen MR) is 387 cm³/mol. The quantitative estimate of drug-likeness (QED) is 0.121. The molecule has 4 heteroatoms. The summed E-state index contributed by atoms with van der Waals surface area (Å²) in [5.41, 5.74) is 35.2. The van der Waals surface area contributed by atoms with Crippen molar-refractivity contribution in [3.63, 3.8) is 0 Å². The number of hydrogen-bond acceptors (Lipinski definition) is 4. The Morgan fingerprint density at radius 1 is 0.308 bits per heavy atom. The highest BCUT2D eigenvalue weighted by molar-refractivity contribution is 6.01. The molecule has 0 bridgehead atoms. The second-order valence-corrected chi connectivity index (χ2v) is 28.0. The molecule has 0 saturated heterocycles. The van der Waals surface area contributed by atoms with Crippen molar-refractivity contribution in [3.8, 4) is 33.4 Å². The fourth-order valence-electron chi connectivity index (χ4n) is 15.9. The summed E-state index contributed by atoms with van der Waals surface area (Å²) in [4.78, 5) is 10.0. The Labute approximate surface area is 539 Å². The van der Waals surface area contributed by atoms with Crippen LogP contribution >= 0.6 is 0 Å². The van der Waals surface area contributed by atoms with E-state index < -0.39 is 0 Å². The average molecular weight is 1180 g/mol. The molecule has 11 aromatic carbocycles. The van der Waals surface area contributed by atoms with Gasteiger partial charge >= 0.3 is 0 Å². The Kier molecular flexibility index (Phi) is 13.7. The molecule has 0 spiro atoms. The van der Waals surface area contributed by atoms with Gasteiger partial charge in [0.05, 0.1) is 23.1 Å². The number of aryl methyl sites for hydroxylation is 4. The zero-order chi connectivity index (χ0) is 62.8. The second-order valence-electron chi connectivity index (χ2n) is 28.0. The van der Waals surface area contributed by atoms with Gasteiger partial charge in [-0.05, 0) is 270 Å². The Bertz CT molecular complexity index is 4460. The van der Waals surface area contributed by atoms with Crippen molar-refractivity contribution in [3.05, 3.63) is 316 Å². The Morgan fingerprint density at radius 3 is 0.912 bits per heavy atom. The number of para-hydroxylation sites is 3. The molecule has 1 aliphatic carbocycles. The maximum atomic E-state index is 2.73. The van der Waals surface area contributed by atoms with Crippen LogP contribution in [0.5, 0.6) is 0 Å². The maximum Gasteiger partial charge on any atom is 0.0564 e. The highest BCUT2D eigenvalue weighted by atomic mass is 15.2. The van der Waals surface area contributed by atoms with Crippen LogP contribution < -0.4 is 19.6 Å². The Balaban J connectivity index is 0.903. The molecule has 4 nitrogen and oxygen atoms in total. The first kappa shape index (κ1) is 57.5. The molecule has 448 valence electrons. The average Bonchev–Trinajstić information content (AvgIpc) is 0.665. The molecule has 15 rings (SSSR count). The standard InChI is InChI=1S/C87H80N4/c1-55-40-56(2)44-73(43-55)88(67-22-16-13-17-23-67)70-34-28-61(29-35-70)64-49-76-82-77(50-64)86(9,10)79-52-66(63-32-38-72(39-33-63)90(69-26-20-15-21-27-69)75-47-59(5)42-60(6)48-75)54-81-84(79)91(82)83-78(85(76,7)8)51-65(53-80(83)87(81,11)12)62-30-36-71(37-31-62)89(68-24-18-14-19-25-68)74-45-57(3)41-58(4)46-74/h13-47,49-54,75H,48H2,1-12H3. The lowest BCUT2D eigenvalue weighted by Gasteiger charge is -2.55. The molecule has 0 aromatic heterocycles. The highest BCUT2D eigenvalue weighted by Gasteiger charge is 2.52. The van der Waals surface area contributed by atoms with Crippen LogP contribution in [-0.4, -0.2) is 6.04 Å². The highest BCUT2D eigenvalue weighted by Crippen LogP contribution is 2.67. The Hall–Kier alpha value is -9.90. The summed E-state index contributed by atoms with van der Waals surface area (Å²) in [5.74, 6) is 0. The van der Waals surface area contributed by atoms with E-state index in [9.17, 15) is 0 Å². The van der Waals surface area contributed by atoms with Crippen molar-refractivity contribution in [1.82, 2.24) is 0 Å². The SMILES string of the molecule is CC1=CC(N(c2ccccc2)c2ccc(-c3cc4c5c(c3)C(C)(C)c3cc(-c6ccc(N(c7ccccc7)c7cc(C)cc(C)c7)cc6)cc6c3N5c3c(cc(-c5ccc(N(c7ccccc7)c7cc(C)cc(C)c7)cc5)cc3C4(C)C)C6(C)C)cc2)CC(C)=C1. The number of rotatable bonds is 12. The fraction of sp³-hybridized carbons (Fsp3) is 0.195. The van der Waals surface area contributed by atoms with E-state index >= 15 is 0 Å². The summed E-state index contributed by atoms with van der Waals surface area (Å²) in [6.07, 6.45) is 5.74. The van der Waals surface area contributed by atoms with Gasteiger partial charge in [0.25, 0.3) is 0 Å². The third kappa shape index (κ3) is 9.73. The number of nitrogens with zero attached hydrogens (tertiary/aromatic N) is 4. The van der Waals surface area contributed by atoms with Gasteiger partial charge in [0.15, 0.2) is 0 Å². The van der Waals surface area contributed by atoms with Gasteiger partial charge in [-0.3, -0.25) is 0 Å². The molecular formula is C87H80N4. The lowest BCUT2D eigenvalue weighted by Crippen LogP contribution is -2.43. The van der Waals surface area contributed by atoms with E-state index in [1.807, 2.05) is 0 Å². The largest absolute Gasteiger partial charge is 0.334 e. The summed E-state index contributed by atoms with van der Waals surface area (Å²) in [6.45, 7) is 28.2. The summed E-state index contributed by atoms with van der Waals surface area (Å²) in [5, 5.41) is 0. The molecule has 0 saturated carbocycles. The van der Waals surface area contributed by atoms with E-state index in [0.29, 0.717) is 0 Å². The van der Waals surface area contributed by atoms with Crippen LogP contribution in [0.2, 0.25) is 0 Å². The molecule has 3 aliphatic heterocycles. The molecule has 4 aliphatic rings. The predicted octanol–water partition coefficient (Wildman–Crippen LogP) is 24.1. The normalized spacial score (nSPS) is 15.9. The van der Waals surface area contributed by atoms with Crippen LogP contribution in [0.25, 0.3) is 33.4 Å². The topological polar surface area (TPSA) is 13.0 Å². The van der Waals surface area contributed by atoms with Gasteiger partial charge in [0, 0.05) is 61.7 Å². The molecule has 1 atom stereocenters. The molecule has 0 fully saturated rings. The maximum absolute atomic E-state index is 2.73. The minimum Gasteiger partial charge on any atom is -0.334 e. The molecule has 11 aromatic rings. The van der Waals surface area contributed by atoms with Gasteiger partial charge in [0.2, 0.25) is 0 Å². The van der Waals surface area contributed by atoms with Crippen LogP contribution in [0.4, 0.5) is 62.6 Å². The van der Waals surface area contributed by atoms with Crippen LogP contribution in [0.1, 0.15) is 117 Å². The third-order valence-corrected chi connectivity index (χ3v) is 20.2. The van der Waals surface area contributed by atoms with E-state index in [0.717, 1.165) is 40.5 Å². The summed E-state index contributed by atoms with van der Waals surface area (Å²) in [7, 11) is 0. The minimum absolute atomic E-state index is 0.210. The van der Waals surface area contributed by atoms with E-state index in [1.165, 1.54) is 129 Å². The molecular weight excluding hydrogens is 1100 g/mol. The molecule has 0 radical (unpaired) electrons. The summed E-state index contributed by atoms with van der Waals surface area (Å²) < 4.78 is 0. The summed E-state index contributed by atoms with van der Waals surface area (Å²) in [6, 6.07) is 89.8. The van der Waals surface area contributed by atoms with E-state index in [1.54, 1.807) is 0 Å². The van der Waals surface area contributed by atoms with Crippen molar-refractivity contribution < 1.29 is 0 Å². The van der Waals surface area contributed by atoms with Crippen molar-refractivity contribution in [2.75, 3.05) is 19.6 Å². The zero-order valence-corrected chi connectivity index (χ0v) is 54.7. The van der Waals surface area contributed by atoms with Gasteiger partial charge in [-0.25, -0.2) is 0 Å².